The highest BCUT2D eigenvalue weighted by atomic mass is 16.5. The second-order valence-electron chi connectivity index (χ2n) is 3.84. The van der Waals surface area contributed by atoms with E-state index >= 15 is 0 Å². The number of hydrogen-bond acceptors (Lipinski definition) is 4. The van der Waals surface area contributed by atoms with E-state index in [9.17, 15) is 4.79 Å². The minimum atomic E-state index is -0.334. The lowest BCUT2D eigenvalue weighted by atomic mass is 10.1. The Balaban J connectivity index is 3.08. The monoisotopic (exact) mass is 236 g/mol. The van der Waals surface area contributed by atoms with Crippen LogP contribution in [-0.2, 0) is 4.74 Å². The van der Waals surface area contributed by atoms with E-state index in [-0.39, 0.29) is 5.97 Å². The first-order valence-corrected chi connectivity index (χ1v) is 5.86. The second kappa shape index (κ2) is 6.13. The lowest BCUT2D eigenvalue weighted by Gasteiger charge is -2.24. The maximum absolute atomic E-state index is 11.5. The number of nitrogens with two attached hydrogens (primary N) is 1. The van der Waals surface area contributed by atoms with Gasteiger partial charge in [0, 0.05) is 13.1 Å². The number of esters is 1. The molecule has 0 heterocycles. The summed E-state index contributed by atoms with van der Waals surface area (Å²) in [6.07, 6.45) is 1.04. The van der Waals surface area contributed by atoms with Gasteiger partial charge in [-0.05, 0) is 31.5 Å². The highest BCUT2D eigenvalue weighted by Gasteiger charge is 2.12. The molecule has 1 aromatic carbocycles. The predicted molar refractivity (Wildman–Crippen MR) is 70.4 cm³/mol. The number of nitrogens with zero attached hydrogens (tertiary/aromatic N) is 1. The zero-order valence-corrected chi connectivity index (χ0v) is 10.7. The number of hydrogen-bond donors (Lipinski definition) is 1. The predicted octanol–water partition coefficient (Wildman–Crippen LogP) is 2.29. The molecule has 0 aromatic heterocycles. The van der Waals surface area contributed by atoms with Crippen molar-refractivity contribution < 1.29 is 9.53 Å². The Labute approximate surface area is 102 Å². The number of ether oxygens (including phenoxy) is 1. The van der Waals surface area contributed by atoms with Crippen molar-refractivity contribution in [1.29, 1.82) is 0 Å². The average molecular weight is 236 g/mol. The Bertz CT molecular complexity index is 391. The largest absolute Gasteiger partial charge is 0.465 e. The molecule has 0 spiro atoms. The van der Waals surface area contributed by atoms with Crippen molar-refractivity contribution in [1.82, 2.24) is 0 Å². The summed E-state index contributed by atoms with van der Waals surface area (Å²) in [7, 11) is 1.38. The number of anilines is 2. The van der Waals surface area contributed by atoms with Crippen LogP contribution in [0.1, 0.15) is 30.6 Å². The first-order valence-electron chi connectivity index (χ1n) is 5.86. The van der Waals surface area contributed by atoms with E-state index in [0.29, 0.717) is 11.3 Å². The number of rotatable bonds is 5. The summed E-state index contributed by atoms with van der Waals surface area (Å²) in [5, 5.41) is 0. The molecule has 0 aliphatic rings. The number of carbonyl (C=O) groups is 1. The van der Waals surface area contributed by atoms with E-state index in [1.807, 2.05) is 0 Å². The van der Waals surface area contributed by atoms with Crippen LogP contribution in [0.4, 0.5) is 11.4 Å². The van der Waals surface area contributed by atoms with E-state index in [1.165, 1.54) is 7.11 Å². The van der Waals surface area contributed by atoms with Gasteiger partial charge < -0.3 is 15.4 Å². The van der Waals surface area contributed by atoms with E-state index in [4.69, 9.17) is 10.5 Å². The summed E-state index contributed by atoms with van der Waals surface area (Å²) >= 11 is 0. The number of benzene rings is 1. The highest BCUT2D eigenvalue weighted by molar-refractivity contribution is 5.92. The Morgan fingerprint density at radius 3 is 2.65 bits per heavy atom. The first kappa shape index (κ1) is 13.4. The maximum atomic E-state index is 11.5. The molecule has 0 fully saturated rings. The van der Waals surface area contributed by atoms with Crippen molar-refractivity contribution >= 4 is 17.3 Å². The molecule has 0 radical (unpaired) electrons. The molecular weight excluding hydrogens is 216 g/mol. The Morgan fingerprint density at radius 1 is 1.41 bits per heavy atom. The summed E-state index contributed by atoms with van der Waals surface area (Å²) in [6.45, 7) is 5.97. The van der Waals surface area contributed by atoms with Crippen LogP contribution in [0.15, 0.2) is 18.2 Å². The number of carbonyl (C=O) groups excluding carboxylic acids is 1. The number of nitrogen functional groups attached to an aromatic ring is 1. The summed E-state index contributed by atoms with van der Waals surface area (Å²) in [6, 6.07) is 5.23. The molecule has 0 saturated heterocycles. The van der Waals surface area contributed by atoms with Gasteiger partial charge in [0.1, 0.15) is 0 Å². The average Bonchev–Trinajstić information content (AvgIpc) is 2.36. The van der Waals surface area contributed by atoms with Crippen LogP contribution >= 0.6 is 0 Å². The first-order chi connectivity index (χ1) is 8.13. The third kappa shape index (κ3) is 3.12. The van der Waals surface area contributed by atoms with E-state index < -0.39 is 0 Å². The topological polar surface area (TPSA) is 55.6 Å². The zero-order valence-electron chi connectivity index (χ0n) is 10.7. The minimum Gasteiger partial charge on any atom is -0.465 e. The smallest absolute Gasteiger partial charge is 0.337 e. The standard InChI is InChI=1S/C13H20N2O2/c1-4-8-15(5-2)12-9-10(13(16)17-3)6-7-11(12)14/h6-7,9H,4-5,8,14H2,1-3H3. The molecule has 0 aliphatic carbocycles. The third-order valence-electron chi connectivity index (χ3n) is 2.67. The van der Waals surface area contributed by atoms with Crippen LogP contribution in [0.5, 0.6) is 0 Å². The summed E-state index contributed by atoms with van der Waals surface area (Å²) < 4.78 is 4.71. The van der Waals surface area contributed by atoms with Gasteiger partial charge in [0.2, 0.25) is 0 Å². The molecular formula is C13H20N2O2. The van der Waals surface area contributed by atoms with Crippen molar-refractivity contribution in [3.63, 3.8) is 0 Å². The second-order valence-corrected chi connectivity index (χ2v) is 3.84. The van der Waals surface area contributed by atoms with Crippen molar-refractivity contribution in [2.75, 3.05) is 30.8 Å². The quantitative estimate of drug-likeness (QED) is 0.629. The molecule has 2 N–H and O–H groups in total. The van der Waals surface area contributed by atoms with Gasteiger partial charge in [-0.15, -0.1) is 0 Å². The molecule has 94 valence electrons. The van der Waals surface area contributed by atoms with Gasteiger partial charge in [-0.1, -0.05) is 6.92 Å². The Hall–Kier alpha value is -1.71. The van der Waals surface area contributed by atoms with Gasteiger partial charge in [0.05, 0.1) is 24.0 Å². The molecule has 0 amide bonds. The molecule has 0 atom stereocenters. The van der Waals surface area contributed by atoms with Gasteiger partial charge in [0.15, 0.2) is 0 Å². The van der Waals surface area contributed by atoms with E-state index in [0.717, 1.165) is 25.2 Å². The number of methoxy groups -OCH3 is 1. The molecule has 0 saturated carbocycles. The molecule has 0 aliphatic heterocycles. The van der Waals surface area contributed by atoms with Crippen LogP contribution in [0.3, 0.4) is 0 Å². The van der Waals surface area contributed by atoms with Crippen molar-refractivity contribution in [2.45, 2.75) is 20.3 Å². The molecule has 0 bridgehead atoms. The van der Waals surface area contributed by atoms with Gasteiger partial charge in [-0.3, -0.25) is 0 Å². The van der Waals surface area contributed by atoms with Crippen LogP contribution in [0.25, 0.3) is 0 Å². The SMILES string of the molecule is CCCN(CC)c1cc(C(=O)OC)ccc1N. The third-order valence-corrected chi connectivity index (χ3v) is 2.67. The van der Waals surface area contributed by atoms with Crippen LogP contribution in [-0.4, -0.2) is 26.2 Å². The molecule has 1 aromatic rings. The van der Waals surface area contributed by atoms with E-state index in [2.05, 4.69) is 18.7 Å². The molecule has 1 rings (SSSR count). The fourth-order valence-corrected chi connectivity index (χ4v) is 1.78. The maximum Gasteiger partial charge on any atom is 0.337 e. The van der Waals surface area contributed by atoms with Gasteiger partial charge in [-0.2, -0.15) is 0 Å². The zero-order chi connectivity index (χ0) is 12.8. The molecule has 0 unspecified atom stereocenters. The van der Waals surface area contributed by atoms with Crippen LogP contribution in [0.2, 0.25) is 0 Å². The fourth-order valence-electron chi connectivity index (χ4n) is 1.78. The van der Waals surface area contributed by atoms with Crippen molar-refractivity contribution in [2.24, 2.45) is 0 Å². The highest BCUT2D eigenvalue weighted by Crippen LogP contribution is 2.25. The minimum absolute atomic E-state index is 0.334. The van der Waals surface area contributed by atoms with Gasteiger partial charge in [0.25, 0.3) is 0 Å². The summed E-state index contributed by atoms with van der Waals surface area (Å²) in [5.41, 5.74) is 8.07. The van der Waals surface area contributed by atoms with Crippen LogP contribution < -0.4 is 10.6 Å². The molecule has 4 heteroatoms. The fraction of sp³-hybridized carbons (Fsp3) is 0.462. The summed E-state index contributed by atoms with van der Waals surface area (Å²) in [4.78, 5) is 13.6. The normalized spacial score (nSPS) is 10.1. The van der Waals surface area contributed by atoms with E-state index in [1.54, 1.807) is 18.2 Å². The lowest BCUT2D eigenvalue weighted by molar-refractivity contribution is 0.0601. The van der Waals surface area contributed by atoms with Gasteiger partial charge in [-0.25, -0.2) is 4.79 Å². The van der Waals surface area contributed by atoms with Gasteiger partial charge >= 0.3 is 5.97 Å². The molecule has 4 nitrogen and oxygen atoms in total. The Morgan fingerprint density at radius 2 is 2.12 bits per heavy atom. The van der Waals surface area contributed by atoms with Crippen molar-refractivity contribution in [3.05, 3.63) is 23.8 Å². The molecule has 17 heavy (non-hydrogen) atoms. The van der Waals surface area contributed by atoms with Crippen molar-refractivity contribution in [3.8, 4) is 0 Å². The van der Waals surface area contributed by atoms with Crippen LogP contribution in [0, 0.1) is 0 Å². The lowest BCUT2D eigenvalue weighted by Crippen LogP contribution is -2.24. The Kier molecular flexibility index (Phi) is 4.82. The summed E-state index contributed by atoms with van der Waals surface area (Å²) in [5.74, 6) is -0.334.